The van der Waals surface area contributed by atoms with Gasteiger partial charge in [-0.1, -0.05) is 0 Å². The van der Waals surface area contributed by atoms with Crippen LogP contribution < -0.4 is 0 Å². The van der Waals surface area contributed by atoms with Crippen LogP contribution in [0.4, 0.5) is 0 Å². The molecule has 1 rings (SSSR count). The van der Waals surface area contributed by atoms with Crippen molar-refractivity contribution in [1.29, 1.82) is 0 Å². The molecule has 0 aliphatic heterocycles. The van der Waals surface area contributed by atoms with Crippen LogP contribution in [0.3, 0.4) is 0 Å². The summed E-state index contributed by atoms with van der Waals surface area (Å²) in [5.41, 5.74) is 0. The van der Waals surface area contributed by atoms with Crippen molar-refractivity contribution in [3.05, 3.63) is 11.6 Å². The molecule has 7 nitrogen and oxygen atoms in total. The minimum Gasteiger partial charge on any atom is -0.460 e. The Kier molecular flexibility index (Phi) is 7.82. The number of aryl methyl sites for hydroxylation is 1. The van der Waals surface area contributed by atoms with Gasteiger partial charge in [-0.25, -0.2) is 4.79 Å². The molecule has 0 aliphatic carbocycles. The highest BCUT2D eigenvalue weighted by Gasteiger charge is 2.17. The maximum atomic E-state index is 11.7. The Bertz CT molecular complexity index is 406. The minimum atomic E-state index is -0.426. The fourth-order valence-corrected chi connectivity index (χ4v) is 1.71. The van der Waals surface area contributed by atoms with E-state index >= 15 is 0 Å². The number of ether oxygens (including phenoxy) is 3. The Balaban J connectivity index is 2.36. The Hall–Kier alpha value is -1.47. The topological polar surface area (TPSA) is 75.5 Å². The second-order valence-electron chi connectivity index (χ2n) is 4.26. The van der Waals surface area contributed by atoms with E-state index in [4.69, 9.17) is 14.2 Å². The molecular formula is C13H23N3O4. The zero-order chi connectivity index (χ0) is 14.8. The molecule has 0 aliphatic rings. The number of aromatic nitrogens is 3. The third-order valence-electron chi connectivity index (χ3n) is 2.75. The normalized spacial score (nSPS) is 10.8. The van der Waals surface area contributed by atoms with Gasteiger partial charge in [-0.2, -0.15) is 0 Å². The zero-order valence-corrected chi connectivity index (χ0v) is 12.4. The summed E-state index contributed by atoms with van der Waals surface area (Å²) in [6, 6.07) is 0. The lowest BCUT2D eigenvalue weighted by Gasteiger charge is -2.08. The molecule has 0 spiro atoms. The van der Waals surface area contributed by atoms with Gasteiger partial charge >= 0.3 is 5.97 Å². The lowest BCUT2D eigenvalue weighted by Crippen LogP contribution is -2.15. The number of rotatable bonds is 10. The summed E-state index contributed by atoms with van der Waals surface area (Å²) in [4.78, 5) is 11.7. The molecule has 0 bridgehead atoms. The van der Waals surface area contributed by atoms with Gasteiger partial charge in [-0.3, -0.25) is 0 Å². The highest BCUT2D eigenvalue weighted by molar-refractivity contribution is 5.85. The minimum absolute atomic E-state index is 0.268. The average molecular weight is 285 g/mol. The van der Waals surface area contributed by atoms with E-state index in [0.717, 1.165) is 12.8 Å². The number of hydrogen-bond donors (Lipinski definition) is 0. The van der Waals surface area contributed by atoms with E-state index in [1.54, 1.807) is 18.6 Å². The van der Waals surface area contributed by atoms with Crippen molar-refractivity contribution in [3.63, 3.8) is 0 Å². The first-order chi connectivity index (χ1) is 9.70. The number of carbonyl (C=O) groups excluding carboxylic acids is 1. The fraction of sp³-hybridized carbons (Fsp3) is 0.769. The van der Waals surface area contributed by atoms with E-state index in [-0.39, 0.29) is 5.82 Å². The van der Waals surface area contributed by atoms with E-state index < -0.39 is 5.97 Å². The predicted octanol–water partition coefficient (Wildman–Crippen LogP) is 1.21. The second kappa shape index (κ2) is 9.44. The van der Waals surface area contributed by atoms with Gasteiger partial charge in [0, 0.05) is 20.3 Å². The molecule has 0 unspecified atom stereocenters. The number of nitrogens with zero attached hydrogens (tertiary/aromatic N) is 3. The van der Waals surface area contributed by atoms with Gasteiger partial charge in [0.05, 0.1) is 19.8 Å². The maximum absolute atomic E-state index is 11.7. The summed E-state index contributed by atoms with van der Waals surface area (Å²) in [5, 5.41) is 7.79. The average Bonchev–Trinajstić information content (AvgIpc) is 2.79. The number of hydrogen-bond acceptors (Lipinski definition) is 6. The van der Waals surface area contributed by atoms with Gasteiger partial charge in [0.25, 0.3) is 0 Å². The van der Waals surface area contributed by atoms with E-state index in [9.17, 15) is 4.79 Å². The largest absolute Gasteiger partial charge is 0.460 e. The summed E-state index contributed by atoms with van der Waals surface area (Å²) in [6.07, 6.45) is 1.79. The Labute approximate surface area is 119 Å². The van der Waals surface area contributed by atoms with Gasteiger partial charge in [0.15, 0.2) is 0 Å². The van der Waals surface area contributed by atoms with Crippen molar-refractivity contribution < 1.29 is 19.0 Å². The number of esters is 1. The van der Waals surface area contributed by atoms with Crippen LogP contribution in [0.2, 0.25) is 0 Å². The molecule has 0 aromatic carbocycles. The van der Waals surface area contributed by atoms with Gasteiger partial charge in [-0.15, -0.1) is 10.2 Å². The first kappa shape index (κ1) is 16.6. The molecule has 7 heteroatoms. The number of methoxy groups -OCH3 is 1. The molecule has 114 valence electrons. The van der Waals surface area contributed by atoms with E-state index in [2.05, 4.69) is 10.2 Å². The third kappa shape index (κ3) is 5.26. The van der Waals surface area contributed by atoms with Gasteiger partial charge in [-0.05, 0) is 26.7 Å². The highest BCUT2D eigenvalue weighted by atomic mass is 16.5. The van der Waals surface area contributed by atoms with Gasteiger partial charge in [0.1, 0.15) is 5.82 Å². The molecule has 0 saturated heterocycles. The van der Waals surface area contributed by atoms with Crippen LogP contribution in [0.5, 0.6) is 0 Å². The molecule has 0 saturated carbocycles. The zero-order valence-electron chi connectivity index (χ0n) is 12.4. The first-order valence-corrected chi connectivity index (χ1v) is 6.84. The van der Waals surface area contributed by atoms with Crippen LogP contribution in [0.1, 0.15) is 36.2 Å². The lowest BCUT2D eigenvalue weighted by atomic mass is 10.3. The van der Waals surface area contributed by atoms with Gasteiger partial charge < -0.3 is 18.8 Å². The van der Waals surface area contributed by atoms with Crippen LogP contribution in [0.15, 0.2) is 0 Å². The first-order valence-electron chi connectivity index (χ1n) is 6.84. The van der Waals surface area contributed by atoms with Crippen molar-refractivity contribution in [2.75, 3.05) is 33.5 Å². The Morgan fingerprint density at radius 1 is 1.20 bits per heavy atom. The standard InChI is InChI=1S/C13H23N3O4/c1-4-20-13(17)12-15-14-11(2)16(12)7-5-6-8-19-10-9-18-3/h4-10H2,1-3H3. The smallest absolute Gasteiger partial charge is 0.376 e. The van der Waals surface area contributed by atoms with Gasteiger partial charge in [0.2, 0.25) is 5.82 Å². The van der Waals surface area contributed by atoms with Crippen LogP contribution in [-0.4, -0.2) is 54.3 Å². The van der Waals surface area contributed by atoms with Crippen molar-refractivity contribution in [2.45, 2.75) is 33.2 Å². The monoisotopic (exact) mass is 285 g/mol. The summed E-state index contributed by atoms with van der Waals surface area (Å²) < 4.78 is 17.0. The predicted molar refractivity (Wildman–Crippen MR) is 72.6 cm³/mol. The molecule has 20 heavy (non-hydrogen) atoms. The van der Waals surface area contributed by atoms with Crippen molar-refractivity contribution in [2.24, 2.45) is 0 Å². The fourth-order valence-electron chi connectivity index (χ4n) is 1.71. The molecule has 0 N–H and O–H groups in total. The third-order valence-corrected chi connectivity index (χ3v) is 2.75. The SMILES string of the molecule is CCOC(=O)c1nnc(C)n1CCCCOCCOC. The molecular weight excluding hydrogens is 262 g/mol. The van der Waals surface area contributed by atoms with E-state index in [1.807, 2.05) is 6.92 Å². The van der Waals surface area contributed by atoms with Crippen LogP contribution in [0, 0.1) is 6.92 Å². The summed E-state index contributed by atoms with van der Waals surface area (Å²) in [7, 11) is 1.65. The summed E-state index contributed by atoms with van der Waals surface area (Å²) in [5.74, 6) is 0.558. The summed E-state index contributed by atoms with van der Waals surface area (Å²) >= 11 is 0. The molecule has 0 atom stereocenters. The van der Waals surface area contributed by atoms with Crippen LogP contribution in [-0.2, 0) is 20.8 Å². The molecule has 1 aromatic heterocycles. The van der Waals surface area contributed by atoms with Crippen molar-refractivity contribution >= 4 is 5.97 Å². The molecule has 0 radical (unpaired) electrons. The van der Waals surface area contributed by atoms with Crippen LogP contribution >= 0.6 is 0 Å². The highest BCUT2D eigenvalue weighted by Crippen LogP contribution is 2.06. The van der Waals surface area contributed by atoms with Crippen molar-refractivity contribution in [1.82, 2.24) is 14.8 Å². The molecule has 1 aromatic rings. The van der Waals surface area contributed by atoms with Crippen LogP contribution in [0.25, 0.3) is 0 Å². The second-order valence-corrected chi connectivity index (χ2v) is 4.26. The van der Waals surface area contributed by atoms with Crippen molar-refractivity contribution in [3.8, 4) is 0 Å². The van der Waals surface area contributed by atoms with E-state index in [1.165, 1.54) is 0 Å². The summed E-state index contributed by atoms with van der Waals surface area (Å²) in [6.45, 7) is 6.50. The Morgan fingerprint density at radius 2 is 2.00 bits per heavy atom. The molecule has 1 heterocycles. The lowest BCUT2D eigenvalue weighted by molar-refractivity contribution is 0.0504. The molecule has 0 amide bonds. The maximum Gasteiger partial charge on any atom is 0.376 e. The number of unbranched alkanes of at least 4 members (excludes halogenated alkanes) is 1. The Morgan fingerprint density at radius 3 is 2.70 bits per heavy atom. The number of carbonyl (C=O) groups is 1. The van der Waals surface area contributed by atoms with E-state index in [0.29, 0.717) is 38.8 Å². The molecule has 0 fully saturated rings. The quantitative estimate of drug-likeness (QED) is 0.475.